The second-order valence-corrected chi connectivity index (χ2v) is 4.36. The minimum atomic E-state index is 0.205. The molecule has 3 rings (SSSR count). The zero-order chi connectivity index (χ0) is 11.0. The molecule has 84 valence electrons. The summed E-state index contributed by atoms with van der Waals surface area (Å²) in [5.74, 6) is 0.983. The number of benzene rings is 1. The Balaban J connectivity index is 1.89. The van der Waals surface area contributed by atoms with Crippen molar-refractivity contribution in [1.29, 1.82) is 0 Å². The van der Waals surface area contributed by atoms with Gasteiger partial charge >= 0.3 is 0 Å². The summed E-state index contributed by atoms with van der Waals surface area (Å²) < 4.78 is 5.80. The highest BCUT2D eigenvalue weighted by Crippen LogP contribution is 2.30. The van der Waals surface area contributed by atoms with Gasteiger partial charge in [-0.1, -0.05) is 18.2 Å². The summed E-state index contributed by atoms with van der Waals surface area (Å²) in [6, 6.07) is 10.6. The predicted octanol–water partition coefficient (Wildman–Crippen LogP) is 2.22. The highest BCUT2D eigenvalue weighted by molar-refractivity contribution is 5.77. The summed E-state index contributed by atoms with van der Waals surface area (Å²) in [6.45, 7) is 0.205. The number of aliphatic hydroxyl groups excluding tert-OH is 1. The Morgan fingerprint density at radius 2 is 2.19 bits per heavy atom. The van der Waals surface area contributed by atoms with Crippen molar-refractivity contribution in [2.45, 2.75) is 24.9 Å². The molecule has 0 unspecified atom stereocenters. The third-order valence-corrected chi connectivity index (χ3v) is 3.25. The second-order valence-electron chi connectivity index (χ2n) is 4.36. The van der Waals surface area contributed by atoms with E-state index >= 15 is 0 Å². The molecule has 0 amide bonds. The van der Waals surface area contributed by atoms with E-state index in [2.05, 4.69) is 17.4 Å². The van der Waals surface area contributed by atoms with Crippen molar-refractivity contribution in [3.8, 4) is 0 Å². The van der Waals surface area contributed by atoms with Crippen molar-refractivity contribution < 1.29 is 9.52 Å². The Morgan fingerprint density at radius 3 is 2.94 bits per heavy atom. The summed E-state index contributed by atoms with van der Waals surface area (Å²) >= 11 is 0. The number of furan rings is 1. The lowest BCUT2D eigenvalue weighted by atomic mass is 10.1. The molecule has 2 heterocycles. The van der Waals surface area contributed by atoms with Gasteiger partial charge in [-0.25, -0.2) is 0 Å². The van der Waals surface area contributed by atoms with Gasteiger partial charge in [0, 0.05) is 11.4 Å². The molecule has 3 heteroatoms. The van der Waals surface area contributed by atoms with Crippen LogP contribution in [0.3, 0.4) is 0 Å². The molecular weight excluding hydrogens is 202 g/mol. The maximum Gasteiger partial charge on any atom is 0.134 e. The van der Waals surface area contributed by atoms with Gasteiger partial charge in [0.15, 0.2) is 0 Å². The average molecular weight is 217 g/mol. The lowest BCUT2D eigenvalue weighted by Gasteiger charge is -2.09. The number of fused-ring (bicyclic) bond motifs is 1. The van der Waals surface area contributed by atoms with Crippen molar-refractivity contribution in [1.82, 2.24) is 5.32 Å². The van der Waals surface area contributed by atoms with Crippen LogP contribution < -0.4 is 5.32 Å². The van der Waals surface area contributed by atoms with E-state index in [1.54, 1.807) is 0 Å². The number of hydrogen-bond donors (Lipinski definition) is 2. The molecule has 1 aromatic heterocycles. The monoisotopic (exact) mass is 217 g/mol. The summed E-state index contributed by atoms with van der Waals surface area (Å²) in [6.07, 6.45) is 2.04. The Morgan fingerprint density at radius 1 is 1.31 bits per heavy atom. The van der Waals surface area contributed by atoms with Crippen LogP contribution in [0, 0.1) is 0 Å². The van der Waals surface area contributed by atoms with Crippen LogP contribution in [0.5, 0.6) is 0 Å². The minimum absolute atomic E-state index is 0.205. The molecule has 2 N–H and O–H groups in total. The van der Waals surface area contributed by atoms with Gasteiger partial charge in [-0.3, -0.25) is 0 Å². The van der Waals surface area contributed by atoms with Crippen LogP contribution in [0.4, 0.5) is 0 Å². The molecule has 2 atom stereocenters. The molecule has 16 heavy (non-hydrogen) atoms. The van der Waals surface area contributed by atoms with E-state index in [-0.39, 0.29) is 18.7 Å². The molecule has 0 aliphatic carbocycles. The predicted molar refractivity (Wildman–Crippen MR) is 62.2 cm³/mol. The molecular formula is C13H15NO2. The highest BCUT2D eigenvalue weighted by Gasteiger charge is 2.26. The van der Waals surface area contributed by atoms with Crippen molar-refractivity contribution in [3.05, 3.63) is 36.1 Å². The summed E-state index contributed by atoms with van der Waals surface area (Å²) in [5.41, 5.74) is 0.937. The molecule has 2 aromatic rings. The van der Waals surface area contributed by atoms with Gasteiger partial charge in [-0.05, 0) is 25.0 Å². The van der Waals surface area contributed by atoms with Crippen LogP contribution in [0.2, 0.25) is 0 Å². The van der Waals surface area contributed by atoms with Crippen LogP contribution in [-0.4, -0.2) is 17.8 Å². The Hall–Kier alpha value is -1.32. The highest BCUT2D eigenvalue weighted by atomic mass is 16.3. The number of nitrogens with one attached hydrogen (secondary N) is 1. The molecule has 0 saturated carbocycles. The Kier molecular flexibility index (Phi) is 2.42. The van der Waals surface area contributed by atoms with E-state index in [9.17, 15) is 0 Å². The quantitative estimate of drug-likeness (QED) is 0.810. The lowest BCUT2D eigenvalue weighted by Crippen LogP contribution is -2.27. The zero-order valence-electron chi connectivity index (χ0n) is 9.02. The summed E-state index contributed by atoms with van der Waals surface area (Å²) in [5, 5.41) is 13.6. The number of hydrogen-bond acceptors (Lipinski definition) is 3. The number of rotatable bonds is 2. The van der Waals surface area contributed by atoms with Crippen LogP contribution in [0.1, 0.15) is 24.6 Å². The topological polar surface area (TPSA) is 45.4 Å². The van der Waals surface area contributed by atoms with Crippen molar-refractivity contribution in [2.24, 2.45) is 0 Å². The average Bonchev–Trinajstić information content (AvgIpc) is 2.95. The Bertz CT molecular complexity index is 458. The second kappa shape index (κ2) is 3.92. The van der Waals surface area contributed by atoms with Crippen LogP contribution in [0.25, 0.3) is 11.0 Å². The summed E-state index contributed by atoms with van der Waals surface area (Å²) in [7, 11) is 0. The fraction of sp³-hybridized carbons (Fsp3) is 0.385. The van der Waals surface area contributed by atoms with E-state index in [1.165, 1.54) is 0 Å². The maximum atomic E-state index is 9.08. The van der Waals surface area contributed by atoms with Crippen molar-refractivity contribution in [2.75, 3.05) is 6.61 Å². The first-order valence-corrected chi connectivity index (χ1v) is 5.72. The third-order valence-electron chi connectivity index (χ3n) is 3.25. The van der Waals surface area contributed by atoms with Crippen LogP contribution in [0.15, 0.2) is 34.7 Å². The number of para-hydroxylation sites is 1. The van der Waals surface area contributed by atoms with Gasteiger partial charge in [0.2, 0.25) is 0 Å². The van der Waals surface area contributed by atoms with E-state index in [0.717, 1.165) is 29.6 Å². The fourth-order valence-electron chi connectivity index (χ4n) is 2.36. The van der Waals surface area contributed by atoms with Gasteiger partial charge in [-0.15, -0.1) is 0 Å². The van der Waals surface area contributed by atoms with Gasteiger partial charge in [0.1, 0.15) is 11.3 Å². The van der Waals surface area contributed by atoms with E-state index in [4.69, 9.17) is 9.52 Å². The molecule has 0 spiro atoms. The van der Waals surface area contributed by atoms with Gasteiger partial charge < -0.3 is 14.8 Å². The fourth-order valence-corrected chi connectivity index (χ4v) is 2.36. The molecule has 1 aliphatic heterocycles. The number of aliphatic hydroxyl groups is 1. The molecule has 1 fully saturated rings. The molecule has 0 bridgehead atoms. The standard InChI is InChI=1S/C13H15NO2/c15-8-10-5-6-11(14-10)13-7-9-3-1-2-4-12(9)16-13/h1-4,7,10-11,14-15H,5-6,8H2/t10-,11-/m0/s1. The third kappa shape index (κ3) is 1.62. The van der Waals surface area contributed by atoms with Gasteiger partial charge in [0.05, 0.1) is 12.6 Å². The smallest absolute Gasteiger partial charge is 0.134 e. The Labute approximate surface area is 94.1 Å². The van der Waals surface area contributed by atoms with Gasteiger partial charge in [-0.2, -0.15) is 0 Å². The first-order valence-electron chi connectivity index (χ1n) is 5.72. The van der Waals surface area contributed by atoms with Crippen LogP contribution >= 0.6 is 0 Å². The van der Waals surface area contributed by atoms with Crippen LogP contribution in [-0.2, 0) is 0 Å². The molecule has 3 nitrogen and oxygen atoms in total. The summed E-state index contributed by atoms with van der Waals surface area (Å²) in [4.78, 5) is 0. The molecule has 0 radical (unpaired) electrons. The normalized spacial score (nSPS) is 25.3. The first kappa shape index (κ1) is 9.87. The zero-order valence-corrected chi connectivity index (χ0v) is 9.02. The molecule has 1 aromatic carbocycles. The first-order chi connectivity index (χ1) is 7.86. The molecule has 1 saturated heterocycles. The molecule has 1 aliphatic rings. The van der Waals surface area contributed by atoms with E-state index in [0.29, 0.717) is 0 Å². The lowest BCUT2D eigenvalue weighted by molar-refractivity contribution is 0.250. The van der Waals surface area contributed by atoms with E-state index < -0.39 is 0 Å². The van der Waals surface area contributed by atoms with Crippen molar-refractivity contribution in [3.63, 3.8) is 0 Å². The SMILES string of the molecule is OC[C@@H]1CC[C@@H](c2cc3ccccc3o2)N1. The van der Waals surface area contributed by atoms with Gasteiger partial charge in [0.25, 0.3) is 0 Å². The van der Waals surface area contributed by atoms with Crippen molar-refractivity contribution >= 4 is 11.0 Å². The maximum absolute atomic E-state index is 9.08. The largest absolute Gasteiger partial charge is 0.459 e. The van der Waals surface area contributed by atoms with E-state index in [1.807, 2.05) is 18.2 Å². The minimum Gasteiger partial charge on any atom is -0.459 e.